The molecule has 0 bridgehead atoms. The average molecular weight is 436 g/mol. The molecule has 2 aromatic carbocycles. The normalized spacial score (nSPS) is 12.1. The zero-order valence-corrected chi connectivity index (χ0v) is 17.2. The fourth-order valence-electron chi connectivity index (χ4n) is 2.58. The van der Waals surface area contributed by atoms with Gasteiger partial charge in [0.1, 0.15) is 0 Å². The third-order valence-corrected chi connectivity index (χ3v) is 5.53. The van der Waals surface area contributed by atoms with Gasteiger partial charge in [0.15, 0.2) is 0 Å². The number of carbonyl (C=O) groups excluding carboxylic acids is 1. The standard InChI is InChI=1S/C20H19F2N3O2S2/c1-13(14-5-3-2-4-6-14)11-18-24-25-20(27-18)28-12-17(26)23-15-7-9-16(10-8-15)29-19(21)22/h2-10,13,19H,11-12H2,1H3,(H,23,26). The smallest absolute Gasteiger partial charge is 0.288 e. The van der Waals surface area contributed by atoms with Crippen LogP contribution in [0.4, 0.5) is 14.5 Å². The zero-order valence-electron chi connectivity index (χ0n) is 15.5. The number of benzene rings is 2. The first-order valence-corrected chi connectivity index (χ1v) is 10.7. The Morgan fingerprint density at radius 1 is 1.10 bits per heavy atom. The second-order valence-corrected chi connectivity index (χ2v) is 8.21. The molecule has 0 aliphatic carbocycles. The SMILES string of the molecule is CC(Cc1nnc(SCC(=O)Nc2ccc(SC(F)F)cc2)o1)c1ccccc1. The first-order chi connectivity index (χ1) is 14.0. The molecule has 9 heteroatoms. The molecule has 1 aromatic heterocycles. The van der Waals surface area contributed by atoms with Crippen molar-refractivity contribution in [3.05, 3.63) is 66.1 Å². The van der Waals surface area contributed by atoms with Crippen molar-refractivity contribution in [1.82, 2.24) is 10.2 Å². The Balaban J connectivity index is 1.46. The lowest BCUT2D eigenvalue weighted by molar-refractivity contribution is -0.113. The van der Waals surface area contributed by atoms with Gasteiger partial charge in [0, 0.05) is 17.0 Å². The third kappa shape index (κ3) is 6.86. The summed E-state index contributed by atoms with van der Waals surface area (Å²) in [6, 6.07) is 16.3. The maximum atomic E-state index is 12.3. The summed E-state index contributed by atoms with van der Waals surface area (Å²) < 4.78 is 30.3. The summed E-state index contributed by atoms with van der Waals surface area (Å²) in [5, 5.41) is 11.1. The number of carbonyl (C=O) groups is 1. The first kappa shape index (κ1) is 21.3. The van der Waals surface area contributed by atoms with Crippen molar-refractivity contribution in [2.45, 2.75) is 35.1 Å². The van der Waals surface area contributed by atoms with Crippen molar-refractivity contribution in [1.29, 1.82) is 0 Å². The van der Waals surface area contributed by atoms with Crippen LogP contribution in [0.1, 0.15) is 24.3 Å². The van der Waals surface area contributed by atoms with Gasteiger partial charge in [0.25, 0.3) is 11.0 Å². The second kappa shape index (κ2) is 10.4. The molecule has 1 atom stereocenters. The van der Waals surface area contributed by atoms with Crippen LogP contribution in [0.15, 0.2) is 69.1 Å². The van der Waals surface area contributed by atoms with E-state index < -0.39 is 5.76 Å². The molecular weight excluding hydrogens is 416 g/mol. The minimum Gasteiger partial charge on any atom is -0.416 e. The minimum atomic E-state index is -2.47. The van der Waals surface area contributed by atoms with Crippen molar-refractivity contribution in [3.8, 4) is 0 Å². The van der Waals surface area contributed by atoms with Gasteiger partial charge < -0.3 is 9.73 Å². The molecule has 152 valence electrons. The van der Waals surface area contributed by atoms with E-state index in [1.54, 1.807) is 12.1 Å². The average Bonchev–Trinajstić information content (AvgIpc) is 3.15. The molecular formula is C20H19F2N3O2S2. The van der Waals surface area contributed by atoms with Gasteiger partial charge in [-0.15, -0.1) is 10.2 Å². The van der Waals surface area contributed by atoms with E-state index in [4.69, 9.17) is 4.42 Å². The number of thioether (sulfide) groups is 2. The number of aromatic nitrogens is 2. The van der Waals surface area contributed by atoms with Crippen molar-refractivity contribution < 1.29 is 18.0 Å². The molecule has 0 fully saturated rings. The van der Waals surface area contributed by atoms with Crippen molar-refractivity contribution in [2.75, 3.05) is 11.1 Å². The number of hydrogen-bond donors (Lipinski definition) is 1. The van der Waals surface area contributed by atoms with Crippen LogP contribution < -0.4 is 5.32 Å². The molecule has 1 N–H and O–H groups in total. The Morgan fingerprint density at radius 3 is 2.52 bits per heavy atom. The fourth-order valence-corrected chi connectivity index (χ4v) is 3.66. The first-order valence-electron chi connectivity index (χ1n) is 8.84. The van der Waals surface area contributed by atoms with E-state index in [9.17, 15) is 13.6 Å². The maximum Gasteiger partial charge on any atom is 0.288 e. The van der Waals surface area contributed by atoms with E-state index in [1.165, 1.54) is 17.7 Å². The molecule has 0 aliphatic heterocycles. The van der Waals surface area contributed by atoms with Crippen molar-refractivity contribution in [2.24, 2.45) is 0 Å². The highest BCUT2D eigenvalue weighted by Crippen LogP contribution is 2.26. The monoisotopic (exact) mass is 435 g/mol. The highest BCUT2D eigenvalue weighted by atomic mass is 32.2. The molecule has 3 rings (SSSR count). The quantitative estimate of drug-likeness (QED) is 0.450. The van der Waals surface area contributed by atoms with Gasteiger partial charge in [-0.2, -0.15) is 8.78 Å². The highest BCUT2D eigenvalue weighted by Gasteiger charge is 2.14. The third-order valence-electron chi connectivity index (χ3n) is 3.99. The highest BCUT2D eigenvalue weighted by molar-refractivity contribution is 7.99. The van der Waals surface area contributed by atoms with Gasteiger partial charge in [-0.05, 0) is 35.7 Å². The summed E-state index contributed by atoms with van der Waals surface area (Å²) >= 11 is 1.61. The van der Waals surface area contributed by atoms with E-state index in [0.717, 1.165) is 11.8 Å². The number of nitrogens with one attached hydrogen (secondary N) is 1. The van der Waals surface area contributed by atoms with Gasteiger partial charge in [-0.1, -0.05) is 60.8 Å². The molecule has 0 radical (unpaired) electrons. The van der Waals surface area contributed by atoms with Crippen LogP contribution in [0.3, 0.4) is 0 Å². The van der Waals surface area contributed by atoms with Gasteiger partial charge in [-0.3, -0.25) is 4.79 Å². The number of halogens is 2. The van der Waals surface area contributed by atoms with Crippen LogP contribution >= 0.6 is 23.5 Å². The Kier molecular flexibility index (Phi) is 7.65. The largest absolute Gasteiger partial charge is 0.416 e. The maximum absolute atomic E-state index is 12.3. The number of hydrogen-bond acceptors (Lipinski definition) is 6. The van der Waals surface area contributed by atoms with Crippen LogP contribution in [0.25, 0.3) is 0 Å². The molecule has 1 heterocycles. The summed E-state index contributed by atoms with van der Waals surface area (Å²) in [5.41, 5.74) is 1.73. The number of nitrogens with zero attached hydrogens (tertiary/aromatic N) is 2. The van der Waals surface area contributed by atoms with Crippen molar-refractivity contribution >= 4 is 35.1 Å². The molecule has 0 spiro atoms. The lowest BCUT2D eigenvalue weighted by Crippen LogP contribution is -2.13. The number of alkyl halides is 2. The van der Waals surface area contributed by atoms with Crippen LogP contribution in [-0.2, 0) is 11.2 Å². The molecule has 0 aliphatic rings. The van der Waals surface area contributed by atoms with E-state index >= 15 is 0 Å². The summed E-state index contributed by atoms with van der Waals surface area (Å²) in [6.07, 6.45) is 0.618. The van der Waals surface area contributed by atoms with E-state index in [2.05, 4.69) is 34.6 Å². The summed E-state index contributed by atoms with van der Waals surface area (Å²) in [7, 11) is 0. The predicted octanol–water partition coefficient (Wildman–Crippen LogP) is 5.46. The minimum absolute atomic E-state index is 0.101. The van der Waals surface area contributed by atoms with Crippen LogP contribution in [0.5, 0.6) is 0 Å². The molecule has 3 aromatic rings. The van der Waals surface area contributed by atoms with E-state index in [0.29, 0.717) is 39.9 Å². The number of rotatable bonds is 9. The Hall–Kier alpha value is -2.39. The fraction of sp³-hybridized carbons (Fsp3) is 0.250. The number of anilines is 1. The van der Waals surface area contributed by atoms with Crippen LogP contribution in [0, 0.1) is 0 Å². The van der Waals surface area contributed by atoms with E-state index in [-0.39, 0.29) is 17.6 Å². The van der Waals surface area contributed by atoms with Gasteiger partial charge >= 0.3 is 0 Å². The Morgan fingerprint density at radius 2 is 1.83 bits per heavy atom. The summed E-state index contributed by atoms with van der Waals surface area (Å²) in [5.74, 6) is -1.85. The molecule has 0 saturated carbocycles. The molecule has 5 nitrogen and oxygen atoms in total. The molecule has 1 amide bonds. The lowest BCUT2D eigenvalue weighted by Gasteiger charge is -2.08. The van der Waals surface area contributed by atoms with Gasteiger partial charge in [0.2, 0.25) is 11.8 Å². The molecule has 0 saturated heterocycles. The van der Waals surface area contributed by atoms with Crippen molar-refractivity contribution in [3.63, 3.8) is 0 Å². The lowest BCUT2D eigenvalue weighted by atomic mass is 9.98. The molecule has 29 heavy (non-hydrogen) atoms. The van der Waals surface area contributed by atoms with Gasteiger partial charge in [-0.25, -0.2) is 0 Å². The van der Waals surface area contributed by atoms with E-state index in [1.807, 2.05) is 18.2 Å². The van der Waals surface area contributed by atoms with Gasteiger partial charge in [0.05, 0.1) is 5.75 Å². The number of amides is 1. The Bertz CT molecular complexity index is 921. The van der Waals surface area contributed by atoms with Crippen LogP contribution in [-0.4, -0.2) is 27.6 Å². The Labute approximate surface area is 175 Å². The predicted molar refractivity (Wildman–Crippen MR) is 111 cm³/mol. The summed E-state index contributed by atoms with van der Waals surface area (Å²) in [6.45, 7) is 2.09. The second-order valence-electron chi connectivity index (χ2n) is 6.22. The summed E-state index contributed by atoms with van der Waals surface area (Å²) in [4.78, 5) is 12.5. The molecule has 1 unspecified atom stereocenters. The topological polar surface area (TPSA) is 68.0 Å². The van der Waals surface area contributed by atoms with Crippen LogP contribution in [0.2, 0.25) is 0 Å². The zero-order chi connectivity index (χ0) is 20.6.